The number of likely N-dealkylation sites (N-methyl/N-ethyl adjacent to an activating group) is 2. The van der Waals surface area contributed by atoms with Crippen LogP contribution < -0.4 is 5.32 Å². The van der Waals surface area contributed by atoms with E-state index in [9.17, 15) is 14.0 Å². The molecule has 1 N–H and O–H groups in total. The SMILES string of the molecule is CCN(CC(=O)NC)C(=O)c1ccc(F)c(S)c1. The molecule has 0 aliphatic heterocycles. The number of carbonyl (C=O) groups excluding carboxylic acids is 2. The first-order chi connectivity index (χ1) is 8.49. The maximum absolute atomic E-state index is 13.0. The molecule has 2 amide bonds. The Bertz CT molecular complexity index is 465. The lowest BCUT2D eigenvalue weighted by molar-refractivity contribution is -0.121. The van der Waals surface area contributed by atoms with Gasteiger partial charge in [-0.05, 0) is 25.1 Å². The molecular weight excluding hydrogens is 255 g/mol. The second kappa shape index (κ2) is 6.39. The smallest absolute Gasteiger partial charge is 0.254 e. The number of hydrogen-bond donors (Lipinski definition) is 2. The van der Waals surface area contributed by atoms with Gasteiger partial charge < -0.3 is 10.2 Å². The maximum atomic E-state index is 13.0. The van der Waals surface area contributed by atoms with Crippen LogP contribution in [0.1, 0.15) is 17.3 Å². The van der Waals surface area contributed by atoms with Crippen LogP contribution in [-0.4, -0.2) is 36.9 Å². The summed E-state index contributed by atoms with van der Waals surface area (Å²) >= 11 is 3.92. The highest BCUT2D eigenvalue weighted by Crippen LogP contribution is 2.15. The van der Waals surface area contributed by atoms with Crippen molar-refractivity contribution in [1.82, 2.24) is 10.2 Å². The molecule has 1 aromatic carbocycles. The van der Waals surface area contributed by atoms with E-state index >= 15 is 0 Å². The molecule has 0 aliphatic carbocycles. The van der Waals surface area contributed by atoms with Crippen molar-refractivity contribution in [3.63, 3.8) is 0 Å². The van der Waals surface area contributed by atoms with Gasteiger partial charge in [0, 0.05) is 24.1 Å². The summed E-state index contributed by atoms with van der Waals surface area (Å²) in [4.78, 5) is 24.8. The standard InChI is InChI=1S/C12H15FN2O2S/c1-3-15(7-11(16)14-2)12(17)8-4-5-9(13)10(18)6-8/h4-6,18H,3,7H2,1-2H3,(H,14,16). The predicted octanol–water partition coefficient (Wildman–Crippen LogP) is 1.32. The van der Waals surface area contributed by atoms with Crippen LogP contribution in [0.5, 0.6) is 0 Å². The lowest BCUT2D eigenvalue weighted by Crippen LogP contribution is -2.39. The first-order valence-corrected chi connectivity index (χ1v) is 5.92. The van der Waals surface area contributed by atoms with Gasteiger partial charge in [0.1, 0.15) is 5.82 Å². The van der Waals surface area contributed by atoms with Crippen LogP contribution in [0.4, 0.5) is 4.39 Å². The summed E-state index contributed by atoms with van der Waals surface area (Å²) in [6.45, 7) is 2.14. The monoisotopic (exact) mass is 270 g/mol. The Morgan fingerprint density at radius 2 is 2.11 bits per heavy atom. The summed E-state index contributed by atoms with van der Waals surface area (Å²) in [5.74, 6) is -1.06. The average molecular weight is 270 g/mol. The van der Waals surface area contributed by atoms with E-state index in [0.29, 0.717) is 12.1 Å². The van der Waals surface area contributed by atoms with E-state index in [2.05, 4.69) is 17.9 Å². The zero-order chi connectivity index (χ0) is 13.7. The first kappa shape index (κ1) is 14.5. The Morgan fingerprint density at radius 3 is 2.61 bits per heavy atom. The van der Waals surface area contributed by atoms with E-state index in [4.69, 9.17) is 0 Å². The molecule has 0 aliphatic rings. The summed E-state index contributed by atoms with van der Waals surface area (Å²) in [7, 11) is 1.50. The average Bonchev–Trinajstić information content (AvgIpc) is 2.38. The molecular formula is C12H15FN2O2S. The van der Waals surface area contributed by atoms with E-state index in [1.807, 2.05) is 0 Å². The van der Waals surface area contributed by atoms with Crippen LogP contribution in [-0.2, 0) is 4.79 Å². The Hall–Kier alpha value is -1.56. The molecule has 0 aromatic heterocycles. The Labute approximate surface area is 111 Å². The molecule has 0 bridgehead atoms. The summed E-state index contributed by atoms with van der Waals surface area (Å²) < 4.78 is 13.0. The fourth-order valence-electron chi connectivity index (χ4n) is 1.41. The van der Waals surface area contributed by atoms with E-state index < -0.39 is 5.82 Å². The second-order valence-electron chi connectivity index (χ2n) is 3.66. The molecule has 0 fully saturated rings. The molecule has 0 radical (unpaired) electrons. The first-order valence-electron chi connectivity index (χ1n) is 5.48. The van der Waals surface area contributed by atoms with Crippen LogP contribution in [0.25, 0.3) is 0 Å². The van der Waals surface area contributed by atoms with Gasteiger partial charge in [-0.3, -0.25) is 9.59 Å². The van der Waals surface area contributed by atoms with E-state index in [-0.39, 0.29) is 23.3 Å². The van der Waals surface area contributed by atoms with Crippen molar-refractivity contribution in [2.75, 3.05) is 20.1 Å². The third-order valence-corrected chi connectivity index (χ3v) is 2.82. The fourth-order valence-corrected chi connectivity index (χ4v) is 1.62. The highest BCUT2D eigenvalue weighted by molar-refractivity contribution is 7.80. The van der Waals surface area contributed by atoms with Crippen molar-refractivity contribution in [1.29, 1.82) is 0 Å². The van der Waals surface area contributed by atoms with E-state index in [1.165, 1.54) is 30.1 Å². The number of carbonyl (C=O) groups is 2. The van der Waals surface area contributed by atoms with Gasteiger partial charge in [0.2, 0.25) is 5.91 Å². The number of halogens is 1. The van der Waals surface area contributed by atoms with Crippen molar-refractivity contribution < 1.29 is 14.0 Å². The lowest BCUT2D eigenvalue weighted by atomic mass is 10.2. The quantitative estimate of drug-likeness (QED) is 0.811. The third-order valence-electron chi connectivity index (χ3n) is 2.48. The molecule has 0 saturated heterocycles. The molecule has 0 heterocycles. The zero-order valence-corrected chi connectivity index (χ0v) is 11.1. The van der Waals surface area contributed by atoms with Gasteiger partial charge in [0.15, 0.2) is 0 Å². The molecule has 0 unspecified atom stereocenters. The Kier molecular flexibility index (Phi) is 5.15. The van der Waals surface area contributed by atoms with E-state index in [1.54, 1.807) is 6.92 Å². The summed E-state index contributed by atoms with van der Waals surface area (Å²) in [5, 5.41) is 2.45. The maximum Gasteiger partial charge on any atom is 0.254 e. The van der Waals surface area contributed by atoms with Crippen molar-refractivity contribution >= 4 is 24.4 Å². The normalized spacial score (nSPS) is 10.0. The molecule has 0 atom stereocenters. The predicted molar refractivity (Wildman–Crippen MR) is 69.3 cm³/mol. The van der Waals surface area contributed by atoms with E-state index in [0.717, 1.165) is 0 Å². The molecule has 6 heteroatoms. The molecule has 98 valence electrons. The van der Waals surface area contributed by atoms with Crippen LogP contribution >= 0.6 is 12.6 Å². The number of rotatable bonds is 4. The van der Waals surface area contributed by atoms with Gasteiger partial charge in [-0.2, -0.15) is 0 Å². The van der Waals surface area contributed by atoms with Gasteiger partial charge >= 0.3 is 0 Å². The van der Waals surface area contributed by atoms with Crippen LogP contribution in [0.2, 0.25) is 0 Å². The Morgan fingerprint density at radius 1 is 1.44 bits per heavy atom. The number of thiol groups is 1. The lowest BCUT2D eigenvalue weighted by Gasteiger charge is -2.20. The fraction of sp³-hybridized carbons (Fsp3) is 0.333. The number of amides is 2. The minimum absolute atomic E-state index is 0.0227. The van der Waals surface area contributed by atoms with Crippen LogP contribution in [0.3, 0.4) is 0 Å². The summed E-state index contributed by atoms with van der Waals surface area (Å²) in [5.41, 5.74) is 0.312. The van der Waals surface area contributed by atoms with Gasteiger partial charge in [0.05, 0.1) is 6.54 Å². The zero-order valence-electron chi connectivity index (χ0n) is 10.2. The summed E-state index contributed by atoms with van der Waals surface area (Å²) in [6, 6.07) is 3.92. The van der Waals surface area contributed by atoms with Crippen molar-refractivity contribution in [2.24, 2.45) is 0 Å². The minimum atomic E-state index is -0.482. The van der Waals surface area contributed by atoms with Crippen LogP contribution in [0, 0.1) is 5.82 Å². The van der Waals surface area contributed by atoms with Crippen molar-refractivity contribution in [3.8, 4) is 0 Å². The largest absolute Gasteiger partial charge is 0.358 e. The highest BCUT2D eigenvalue weighted by Gasteiger charge is 2.17. The summed E-state index contributed by atoms with van der Waals surface area (Å²) in [6.07, 6.45) is 0. The number of hydrogen-bond acceptors (Lipinski definition) is 3. The third kappa shape index (κ3) is 3.46. The van der Waals surface area contributed by atoms with Gasteiger partial charge in [-0.15, -0.1) is 12.6 Å². The molecule has 0 spiro atoms. The number of nitrogens with zero attached hydrogens (tertiary/aromatic N) is 1. The van der Waals surface area contributed by atoms with Gasteiger partial charge in [-0.1, -0.05) is 0 Å². The number of nitrogens with one attached hydrogen (secondary N) is 1. The molecule has 1 aromatic rings. The van der Waals surface area contributed by atoms with Gasteiger partial charge in [0.25, 0.3) is 5.91 Å². The van der Waals surface area contributed by atoms with Gasteiger partial charge in [-0.25, -0.2) is 4.39 Å². The van der Waals surface area contributed by atoms with Crippen molar-refractivity contribution in [2.45, 2.75) is 11.8 Å². The topological polar surface area (TPSA) is 49.4 Å². The van der Waals surface area contributed by atoms with Crippen molar-refractivity contribution in [3.05, 3.63) is 29.6 Å². The molecule has 4 nitrogen and oxygen atoms in total. The molecule has 0 saturated carbocycles. The highest BCUT2D eigenvalue weighted by atomic mass is 32.1. The molecule has 18 heavy (non-hydrogen) atoms. The second-order valence-corrected chi connectivity index (χ2v) is 4.14. The molecule has 1 rings (SSSR count). The number of benzene rings is 1. The minimum Gasteiger partial charge on any atom is -0.358 e. The Balaban J connectivity index is 2.89. The van der Waals surface area contributed by atoms with Crippen LogP contribution in [0.15, 0.2) is 23.1 Å².